The Morgan fingerprint density at radius 2 is 1.76 bits per heavy atom. The SMILES string of the molecule is COc1ccc(S(=O)(=O)NCC2(N3CCOCC3)CCCCC2)cc1. The number of morpholine rings is 1. The lowest BCUT2D eigenvalue weighted by Crippen LogP contribution is -2.59. The summed E-state index contributed by atoms with van der Waals surface area (Å²) in [4.78, 5) is 2.72. The maximum absolute atomic E-state index is 12.7. The molecular formula is C18H28N2O4S. The van der Waals surface area contributed by atoms with Crippen molar-refractivity contribution in [1.82, 2.24) is 9.62 Å². The Morgan fingerprint density at radius 1 is 1.12 bits per heavy atom. The topological polar surface area (TPSA) is 67.9 Å². The van der Waals surface area contributed by atoms with Crippen LogP contribution in [0.1, 0.15) is 32.1 Å². The van der Waals surface area contributed by atoms with E-state index >= 15 is 0 Å². The lowest BCUT2D eigenvalue weighted by atomic mass is 9.80. The van der Waals surface area contributed by atoms with E-state index in [2.05, 4.69) is 9.62 Å². The van der Waals surface area contributed by atoms with Gasteiger partial charge in [0.1, 0.15) is 5.75 Å². The number of ether oxygens (including phenoxy) is 2. The van der Waals surface area contributed by atoms with Gasteiger partial charge in [-0.05, 0) is 37.1 Å². The molecule has 25 heavy (non-hydrogen) atoms. The Balaban J connectivity index is 1.73. The average Bonchev–Trinajstić information content (AvgIpc) is 2.68. The Kier molecular flexibility index (Phi) is 5.99. The molecule has 0 spiro atoms. The minimum Gasteiger partial charge on any atom is -0.497 e. The van der Waals surface area contributed by atoms with Crippen molar-refractivity contribution in [1.29, 1.82) is 0 Å². The number of hydrogen-bond donors (Lipinski definition) is 1. The summed E-state index contributed by atoms with van der Waals surface area (Å²) in [5, 5.41) is 0. The highest BCUT2D eigenvalue weighted by Gasteiger charge is 2.39. The van der Waals surface area contributed by atoms with E-state index in [4.69, 9.17) is 9.47 Å². The summed E-state index contributed by atoms with van der Waals surface area (Å²) in [6, 6.07) is 6.52. The number of rotatable bonds is 6. The van der Waals surface area contributed by atoms with Crippen molar-refractivity contribution >= 4 is 10.0 Å². The number of hydrogen-bond acceptors (Lipinski definition) is 5. The highest BCUT2D eigenvalue weighted by molar-refractivity contribution is 7.89. The van der Waals surface area contributed by atoms with Gasteiger partial charge in [0.2, 0.25) is 10.0 Å². The van der Waals surface area contributed by atoms with Gasteiger partial charge >= 0.3 is 0 Å². The number of nitrogens with zero attached hydrogens (tertiary/aromatic N) is 1. The lowest BCUT2D eigenvalue weighted by Gasteiger charge is -2.48. The van der Waals surface area contributed by atoms with Gasteiger partial charge < -0.3 is 9.47 Å². The molecule has 1 N–H and O–H groups in total. The third-order valence-electron chi connectivity index (χ3n) is 5.43. The quantitative estimate of drug-likeness (QED) is 0.832. The van der Waals surface area contributed by atoms with Gasteiger partial charge in [-0.1, -0.05) is 19.3 Å². The standard InChI is InChI=1S/C18H28N2O4S/c1-23-16-5-7-17(8-6-16)25(21,22)19-15-18(9-3-2-4-10-18)20-11-13-24-14-12-20/h5-8,19H,2-4,9-15H2,1H3. The van der Waals surface area contributed by atoms with Gasteiger partial charge in [0, 0.05) is 25.2 Å². The summed E-state index contributed by atoms with van der Waals surface area (Å²) in [7, 11) is -1.96. The highest BCUT2D eigenvalue weighted by Crippen LogP contribution is 2.34. The first-order chi connectivity index (χ1) is 12.1. The van der Waals surface area contributed by atoms with E-state index in [9.17, 15) is 8.42 Å². The van der Waals surface area contributed by atoms with E-state index in [1.54, 1.807) is 31.4 Å². The van der Waals surface area contributed by atoms with Gasteiger partial charge in [-0.2, -0.15) is 0 Å². The second-order valence-corrected chi connectivity index (χ2v) is 8.65. The molecule has 1 aliphatic heterocycles. The van der Waals surface area contributed by atoms with Gasteiger partial charge in [-0.15, -0.1) is 0 Å². The molecule has 3 rings (SSSR count). The van der Waals surface area contributed by atoms with Crippen molar-refractivity contribution in [2.45, 2.75) is 42.5 Å². The maximum Gasteiger partial charge on any atom is 0.240 e. The molecule has 1 aromatic carbocycles. The van der Waals surface area contributed by atoms with Crippen molar-refractivity contribution in [2.75, 3.05) is 40.0 Å². The third-order valence-corrected chi connectivity index (χ3v) is 6.84. The third kappa shape index (κ3) is 4.34. The zero-order valence-electron chi connectivity index (χ0n) is 14.9. The zero-order valence-corrected chi connectivity index (χ0v) is 15.7. The van der Waals surface area contributed by atoms with Crippen LogP contribution in [0.2, 0.25) is 0 Å². The molecule has 1 aromatic rings. The fourth-order valence-electron chi connectivity index (χ4n) is 3.92. The molecule has 0 amide bonds. The first kappa shape index (κ1) is 18.6. The summed E-state index contributed by atoms with van der Waals surface area (Å²) < 4.78 is 38.9. The van der Waals surface area contributed by atoms with Crippen LogP contribution in [0.15, 0.2) is 29.2 Å². The lowest BCUT2D eigenvalue weighted by molar-refractivity contribution is -0.0348. The number of nitrogens with one attached hydrogen (secondary N) is 1. The molecule has 140 valence electrons. The van der Waals surface area contributed by atoms with Crippen LogP contribution < -0.4 is 9.46 Å². The average molecular weight is 368 g/mol. The fraction of sp³-hybridized carbons (Fsp3) is 0.667. The van der Waals surface area contributed by atoms with Crippen LogP contribution in [0.3, 0.4) is 0 Å². The monoisotopic (exact) mass is 368 g/mol. The predicted octanol–water partition coefficient (Wildman–Crippen LogP) is 2.01. The molecule has 0 bridgehead atoms. The Bertz CT molecular complexity index is 648. The molecule has 1 heterocycles. The number of methoxy groups -OCH3 is 1. The largest absolute Gasteiger partial charge is 0.497 e. The van der Waals surface area contributed by atoms with Gasteiger partial charge in [0.15, 0.2) is 0 Å². The summed E-state index contributed by atoms with van der Waals surface area (Å²) in [5.41, 5.74) is -0.0818. The van der Waals surface area contributed by atoms with E-state index in [1.807, 2.05) is 0 Å². The molecule has 2 aliphatic rings. The predicted molar refractivity (Wildman–Crippen MR) is 96.4 cm³/mol. The highest BCUT2D eigenvalue weighted by atomic mass is 32.2. The molecular weight excluding hydrogens is 340 g/mol. The first-order valence-corrected chi connectivity index (χ1v) is 10.5. The Labute approximate surface area is 150 Å². The van der Waals surface area contributed by atoms with Crippen LogP contribution in [0.4, 0.5) is 0 Å². The van der Waals surface area contributed by atoms with Crippen molar-refractivity contribution in [3.8, 4) is 5.75 Å². The van der Waals surface area contributed by atoms with E-state index in [1.165, 1.54) is 6.42 Å². The van der Waals surface area contributed by atoms with Crippen LogP contribution in [0.5, 0.6) is 5.75 Å². The van der Waals surface area contributed by atoms with Crippen molar-refractivity contribution < 1.29 is 17.9 Å². The van der Waals surface area contributed by atoms with E-state index in [0.717, 1.165) is 52.0 Å². The molecule has 6 nitrogen and oxygen atoms in total. The molecule has 0 atom stereocenters. The second-order valence-electron chi connectivity index (χ2n) is 6.88. The molecule has 1 aliphatic carbocycles. The van der Waals surface area contributed by atoms with E-state index in [-0.39, 0.29) is 10.4 Å². The smallest absolute Gasteiger partial charge is 0.240 e. The van der Waals surface area contributed by atoms with Crippen LogP contribution in [-0.2, 0) is 14.8 Å². The van der Waals surface area contributed by atoms with Crippen molar-refractivity contribution in [3.63, 3.8) is 0 Å². The van der Waals surface area contributed by atoms with Gasteiger partial charge in [0.05, 0.1) is 25.2 Å². The summed E-state index contributed by atoms with van der Waals surface area (Å²) in [5.74, 6) is 0.649. The number of benzene rings is 1. The normalized spacial score (nSPS) is 21.8. The molecule has 2 fully saturated rings. The summed E-state index contributed by atoms with van der Waals surface area (Å²) in [6.45, 7) is 3.68. The summed E-state index contributed by atoms with van der Waals surface area (Å²) in [6.07, 6.45) is 5.62. The minimum absolute atomic E-state index is 0.0818. The summed E-state index contributed by atoms with van der Waals surface area (Å²) >= 11 is 0. The number of sulfonamides is 1. The second kappa shape index (κ2) is 8.03. The zero-order chi connectivity index (χ0) is 17.8. The molecule has 0 unspecified atom stereocenters. The minimum atomic E-state index is -3.52. The molecule has 1 saturated carbocycles. The van der Waals surface area contributed by atoms with Gasteiger partial charge in [0.25, 0.3) is 0 Å². The van der Waals surface area contributed by atoms with Crippen molar-refractivity contribution in [3.05, 3.63) is 24.3 Å². The van der Waals surface area contributed by atoms with Crippen molar-refractivity contribution in [2.24, 2.45) is 0 Å². The Hall–Kier alpha value is -1.15. The fourth-order valence-corrected chi connectivity index (χ4v) is 5.04. The molecule has 1 saturated heterocycles. The van der Waals surface area contributed by atoms with Gasteiger partial charge in [-0.25, -0.2) is 13.1 Å². The van der Waals surface area contributed by atoms with Gasteiger partial charge in [-0.3, -0.25) is 4.90 Å². The van der Waals surface area contributed by atoms with Crippen LogP contribution >= 0.6 is 0 Å². The molecule has 7 heteroatoms. The molecule has 0 aromatic heterocycles. The van der Waals surface area contributed by atoms with Crippen LogP contribution in [0, 0.1) is 0 Å². The van der Waals surface area contributed by atoms with E-state index in [0.29, 0.717) is 12.3 Å². The van der Waals surface area contributed by atoms with E-state index < -0.39 is 10.0 Å². The Morgan fingerprint density at radius 3 is 2.36 bits per heavy atom. The maximum atomic E-state index is 12.7. The van der Waals surface area contributed by atoms with Crippen LogP contribution in [0.25, 0.3) is 0 Å². The molecule has 0 radical (unpaired) electrons. The van der Waals surface area contributed by atoms with Crippen LogP contribution in [-0.4, -0.2) is 58.8 Å². The first-order valence-electron chi connectivity index (χ1n) is 9.02.